The number of likely N-dealkylation sites (N-methyl/N-ethyl adjacent to an activating group) is 1. The molecule has 3 aliphatic rings. The molecule has 11 nitrogen and oxygen atoms in total. The molecule has 0 aromatic heterocycles. The van der Waals surface area contributed by atoms with E-state index in [9.17, 15) is 39.9 Å². The molecule has 5 rings (SSSR count). The lowest BCUT2D eigenvalue weighted by Gasteiger charge is -2.46. The summed E-state index contributed by atoms with van der Waals surface area (Å²) < 4.78 is 12.2. The zero-order valence-corrected chi connectivity index (χ0v) is 22.6. The number of ketones is 2. The minimum atomic E-state index is -1.82. The summed E-state index contributed by atoms with van der Waals surface area (Å²) >= 11 is 0. The summed E-state index contributed by atoms with van der Waals surface area (Å²) in [6.45, 7) is 3.32. The van der Waals surface area contributed by atoms with E-state index in [4.69, 9.17) is 9.47 Å². The van der Waals surface area contributed by atoms with Crippen LogP contribution in [0.15, 0.2) is 24.3 Å². The van der Waals surface area contributed by atoms with Gasteiger partial charge in [0.1, 0.15) is 17.4 Å². The number of ether oxygens (including phenoxy) is 2. The van der Waals surface area contributed by atoms with Crippen LogP contribution in [0.25, 0.3) is 0 Å². The fraction of sp³-hybridized carbons (Fsp3) is 0.483. The van der Waals surface area contributed by atoms with Crippen LogP contribution >= 0.6 is 0 Å². The van der Waals surface area contributed by atoms with Gasteiger partial charge in [-0.1, -0.05) is 19.1 Å². The van der Waals surface area contributed by atoms with Gasteiger partial charge in [-0.15, -0.1) is 0 Å². The number of phenols is 2. The Kier molecular flexibility index (Phi) is 7.00. The van der Waals surface area contributed by atoms with E-state index >= 15 is 0 Å². The van der Waals surface area contributed by atoms with Crippen molar-refractivity contribution < 1.29 is 49.4 Å². The van der Waals surface area contributed by atoms with Crippen molar-refractivity contribution in [1.29, 1.82) is 0 Å². The van der Waals surface area contributed by atoms with E-state index in [-0.39, 0.29) is 58.7 Å². The Hall–Kier alpha value is -3.35. The highest BCUT2D eigenvalue weighted by molar-refractivity contribution is 6.30. The van der Waals surface area contributed by atoms with Gasteiger partial charge in [0.15, 0.2) is 12.1 Å². The summed E-state index contributed by atoms with van der Waals surface area (Å²) in [5.41, 5.74) is -2.80. The van der Waals surface area contributed by atoms with Crippen molar-refractivity contribution in [2.75, 3.05) is 14.1 Å². The van der Waals surface area contributed by atoms with E-state index in [0.29, 0.717) is 0 Å². The lowest BCUT2D eigenvalue weighted by Crippen LogP contribution is -2.54. The van der Waals surface area contributed by atoms with Crippen molar-refractivity contribution >= 4 is 17.5 Å². The molecular formula is C29H33NO10. The molecule has 214 valence electrons. The molecule has 5 N–H and O–H groups in total. The van der Waals surface area contributed by atoms with Crippen molar-refractivity contribution in [2.24, 2.45) is 0 Å². The number of carbonyl (C=O) groups is 3. The molecule has 1 fully saturated rings. The number of hydrogen-bond donors (Lipinski definition) is 5. The topological polar surface area (TPSA) is 174 Å². The van der Waals surface area contributed by atoms with Crippen LogP contribution in [0, 0.1) is 0 Å². The fourth-order valence-corrected chi connectivity index (χ4v) is 6.40. The van der Waals surface area contributed by atoms with Gasteiger partial charge in [0.2, 0.25) is 5.78 Å². The van der Waals surface area contributed by atoms with E-state index in [1.807, 2.05) is 4.90 Å². The fourth-order valence-electron chi connectivity index (χ4n) is 6.40. The molecule has 1 aliphatic heterocycles. The molecule has 1 heterocycles. The van der Waals surface area contributed by atoms with Gasteiger partial charge in [0.05, 0.1) is 35.0 Å². The van der Waals surface area contributed by atoms with E-state index in [0.717, 1.165) is 0 Å². The lowest BCUT2D eigenvalue weighted by molar-refractivity contribution is -0.258. The summed E-state index contributed by atoms with van der Waals surface area (Å²) in [5.74, 6) is -5.41. The molecule has 11 heteroatoms. The van der Waals surface area contributed by atoms with Crippen LogP contribution < -0.4 is 0 Å². The van der Waals surface area contributed by atoms with Crippen LogP contribution in [-0.4, -0.2) is 92.2 Å². The second kappa shape index (κ2) is 9.93. The van der Waals surface area contributed by atoms with Crippen molar-refractivity contribution in [3.8, 4) is 11.5 Å². The number of aliphatic carboxylic acids is 1. The SMILES string of the molecule is CCC1(O)CC(OC2CC(N(C)C)C(O)C(C)O2)c2c(cc3c(c2O)C(=O)c2c(O)cccc2C3=O)C1C(=O)O. The number of aliphatic hydroxyl groups excluding tert-OH is 1. The first-order chi connectivity index (χ1) is 18.8. The standard InChI is InChI=1S/C29H33NO10/c1-5-29(38)11-18(40-19-10-16(30(3)4)24(32)12(2)39-19)21-14(23(29)28(36)37)9-15-22(27(21)35)26(34)20-13(25(15)33)7-6-8-17(20)31/h6-9,12,16,18-19,23-24,31-32,35,38H,5,10-11H2,1-4H3,(H,36,37). The van der Waals surface area contributed by atoms with Crippen molar-refractivity contribution in [2.45, 2.75) is 75.3 Å². The average Bonchev–Trinajstić information content (AvgIpc) is 2.88. The Morgan fingerprint density at radius 2 is 1.85 bits per heavy atom. The molecule has 0 saturated carbocycles. The van der Waals surface area contributed by atoms with Gasteiger partial charge in [-0.25, -0.2) is 0 Å². The first-order valence-corrected chi connectivity index (χ1v) is 13.2. The molecule has 7 unspecified atom stereocenters. The van der Waals surface area contributed by atoms with Crippen LogP contribution in [0.3, 0.4) is 0 Å². The molecule has 0 spiro atoms. The van der Waals surface area contributed by atoms with Gasteiger partial charge in [0.25, 0.3) is 0 Å². The summed E-state index contributed by atoms with van der Waals surface area (Å²) in [7, 11) is 3.61. The highest BCUT2D eigenvalue weighted by Crippen LogP contribution is 2.53. The monoisotopic (exact) mass is 555 g/mol. The Morgan fingerprint density at radius 3 is 2.48 bits per heavy atom. The molecule has 0 radical (unpaired) electrons. The van der Waals surface area contributed by atoms with E-state index in [1.54, 1.807) is 27.9 Å². The van der Waals surface area contributed by atoms with Gasteiger partial charge in [0, 0.05) is 35.6 Å². The van der Waals surface area contributed by atoms with Crippen LogP contribution in [0.2, 0.25) is 0 Å². The number of fused-ring (bicyclic) bond motifs is 3. The van der Waals surface area contributed by atoms with Crippen LogP contribution in [0.4, 0.5) is 0 Å². The summed E-state index contributed by atoms with van der Waals surface area (Å²) in [6, 6.07) is 4.95. The summed E-state index contributed by atoms with van der Waals surface area (Å²) in [5, 5.41) is 54.3. The van der Waals surface area contributed by atoms with Gasteiger partial charge in [-0.05, 0) is 45.1 Å². The van der Waals surface area contributed by atoms with E-state index in [1.165, 1.54) is 24.3 Å². The van der Waals surface area contributed by atoms with Crippen molar-refractivity contribution in [3.05, 3.63) is 57.6 Å². The highest BCUT2D eigenvalue weighted by atomic mass is 16.7. The number of aromatic hydroxyl groups is 2. The third kappa shape index (κ3) is 4.20. The second-order valence-corrected chi connectivity index (χ2v) is 11.1. The average molecular weight is 556 g/mol. The zero-order valence-electron chi connectivity index (χ0n) is 22.6. The summed E-state index contributed by atoms with van der Waals surface area (Å²) in [6.07, 6.45) is -3.41. The number of aliphatic hydroxyl groups is 2. The Balaban J connectivity index is 1.68. The number of carboxylic acids is 1. The number of carbonyl (C=O) groups excluding carboxylic acids is 2. The van der Waals surface area contributed by atoms with Gasteiger partial charge in [-0.2, -0.15) is 0 Å². The molecule has 1 saturated heterocycles. The van der Waals surface area contributed by atoms with Gasteiger partial charge in [-0.3, -0.25) is 14.4 Å². The summed E-state index contributed by atoms with van der Waals surface area (Å²) in [4.78, 5) is 41.4. The number of carboxylic acid groups (broad SMARTS) is 1. The number of rotatable bonds is 5. The second-order valence-electron chi connectivity index (χ2n) is 11.1. The maximum atomic E-state index is 13.5. The number of phenolic OH excluding ortho intramolecular Hbond substituents is 2. The van der Waals surface area contributed by atoms with Gasteiger partial charge >= 0.3 is 5.97 Å². The third-order valence-corrected chi connectivity index (χ3v) is 8.58. The number of hydrogen-bond acceptors (Lipinski definition) is 10. The maximum absolute atomic E-state index is 13.5. The molecule has 2 aliphatic carbocycles. The largest absolute Gasteiger partial charge is 0.507 e. The molecular weight excluding hydrogens is 522 g/mol. The van der Waals surface area contributed by atoms with E-state index in [2.05, 4.69) is 0 Å². The van der Waals surface area contributed by atoms with Crippen LogP contribution in [-0.2, 0) is 14.3 Å². The van der Waals surface area contributed by atoms with E-state index < -0.39 is 65.2 Å². The predicted molar refractivity (Wildman–Crippen MR) is 140 cm³/mol. The Morgan fingerprint density at radius 1 is 1.15 bits per heavy atom. The molecule has 2 aromatic carbocycles. The first kappa shape index (κ1) is 28.2. The zero-order chi connectivity index (χ0) is 29.3. The number of benzene rings is 2. The van der Waals surface area contributed by atoms with Crippen LogP contribution in [0.1, 0.15) is 88.1 Å². The third-order valence-electron chi connectivity index (χ3n) is 8.58. The first-order valence-electron chi connectivity index (χ1n) is 13.2. The minimum Gasteiger partial charge on any atom is -0.507 e. The molecule has 0 bridgehead atoms. The quantitative estimate of drug-likeness (QED) is 0.312. The smallest absolute Gasteiger partial charge is 0.313 e. The lowest BCUT2D eigenvalue weighted by atomic mass is 9.67. The Labute approximate surface area is 230 Å². The van der Waals surface area contributed by atoms with Crippen molar-refractivity contribution in [3.63, 3.8) is 0 Å². The maximum Gasteiger partial charge on any atom is 0.313 e. The molecule has 7 atom stereocenters. The highest BCUT2D eigenvalue weighted by Gasteiger charge is 2.52. The Bertz CT molecular complexity index is 1400. The minimum absolute atomic E-state index is 0.0195. The predicted octanol–water partition coefficient (Wildman–Crippen LogP) is 2.07. The van der Waals surface area contributed by atoms with Gasteiger partial charge < -0.3 is 39.9 Å². The normalized spacial score (nSPS) is 31.5. The number of nitrogens with zero attached hydrogens (tertiary/aromatic N) is 1. The molecule has 40 heavy (non-hydrogen) atoms. The molecule has 0 amide bonds. The van der Waals surface area contributed by atoms with Crippen molar-refractivity contribution in [1.82, 2.24) is 4.90 Å². The molecule has 2 aromatic rings. The van der Waals surface area contributed by atoms with Crippen LogP contribution in [0.5, 0.6) is 11.5 Å².